The third-order valence-electron chi connectivity index (χ3n) is 6.34. The fraction of sp³-hybridized carbons (Fsp3) is 0.308. The number of para-hydroxylation sites is 2. The van der Waals surface area contributed by atoms with Crippen molar-refractivity contribution < 1.29 is 4.74 Å². The zero-order valence-electron chi connectivity index (χ0n) is 19.1. The van der Waals surface area contributed by atoms with Gasteiger partial charge in [0.05, 0.1) is 18.2 Å². The number of piperazine rings is 1. The Hall–Kier alpha value is -2.83. The SMILES string of the molecule is CCc1ccc(-c2c(C)sc3nc(Cl)nc(N4CCN(c5ccccc5OC)CC4)c23)cc1. The van der Waals surface area contributed by atoms with Crippen LogP contribution in [0.15, 0.2) is 48.5 Å². The number of hydrogen-bond acceptors (Lipinski definition) is 6. The molecule has 1 aliphatic rings. The van der Waals surface area contributed by atoms with E-state index in [4.69, 9.17) is 21.3 Å². The first kappa shape index (κ1) is 22.0. The molecule has 3 heterocycles. The minimum absolute atomic E-state index is 0.304. The van der Waals surface area contributed by atoms with Gasteiger partial charge in [0, 0.05) is 36.6 Å². The lowest BCUT2D eigenvalue weighted by atomic mass is 10.0. The maximum Gasteiger partial charge on any atom is 0.225 e. The summed E-state index contributed by atoms with van der Waals surface area (Å²) in [7, 11) is 1.72. The average Bonchev–Trinajstić information content (AvgIpc) is 3.19. The summed E-state index contributed by atoms with van der Waals surface area (Å²) in [5, 5.41) is 1.41. The van der Waals surface area contributed by atoms with Crippen molar-refractivity contribution in [3.63, 3.8) is 0 Å². The van der Waals surface area contributed by atoms with E-state index in [1.807, 2.05) is 12.1 Å². The highest BCUT2D eigenvalue weighted by Crippen LogP contribution is 2.42. The molecule has 170 valence electrons. The molecule has 5 rings (SSSR count). The topological polar surface area (TPSA) is 41.5 Å². The first-order valence-corrected chi connectivity index (χ1v) is 12.5. The van der Waals surface area contributed by atoms with E-state index in [1.165, 1.54) is 21.6 Å². The average molecular weight is 479 g/mol. The number of anilines is 2. The Morgan fingerprint density at radius 2 is 1.67 bits per heavy atom. The van der Waals surface area contributed by atoms with Crippen molar-refractivity contribution in [1.29, 1.82) is 0 Å². The quantitative estimate of drug-likeness (QED) is 0.318. The van der Waals surface area contributed by atoms with Crippen LogP contribution >= 0.6 is 22.9 Å². The van der Waals surface area contributed by atoms with E-state index >= 15 is 0 Å². The minimum Gasteiger partial charge on any atom is -0.495 e. The fourth-order valence-corrected chi connectivity index (χ4v) is 5.86. The van der Waals surface area contributed by atoms with Gasteiger partial charge >= 0.3 is 0 Å². The van der Waals surface area contributed by atoms with Crippen molar-refractivity contribution in [3.05, 3.63) is 64.3 Å². The maximum absolute atomic E-state index is 6.39. The molecule has 0 aliphatic carbocycles. The predicted octanol–water partition coefficient (Wildman–Crippen LogP) is 6.22. The minimum atomic E-state index is 0.304. The number of rotatable bonds is 5. The molecule has 0 unspecified atom stereocenters. The van der Waals surface area contributed by atoms with Crippen molar-refractivity contribution in [3.8, 4) is 16.9 Å². The number of hydrogen-bond donors (Lipinski definition) is 0. The van der Waals surface area contributed by atoms with Gasteiger partial charge in [-0.2, -0.15) is 4.98 Å². The van der Waals surface area contributed by atoms with Gasteiger partial charge in [0.15, 0.2) is 0 Å². The van der Waals surface area contributed by atoms with E-state index in [2.05, 4.69) is 65.0 Å². The summed E-state index contributed by atoms with van der Waals surface area (Å²) >= 11 is 8.07. The van der Waals surface area contributed by atoms with Crippen LogP contribution in [0.4, 0.5) is 11.5 Å². The molecule has 2 aromatic heterocycles. The van der Waals surface area contributed by atoms with E-state index in [0.29, 0.717) is 5.28 Å². The van der Waals surface area contributed by atoms with Gasteiger partial charge in [0.1, 0.15) is 16.4 Å². The maximum atomic E-state index is 6.39. The summed E-state index contributed by atoms with van der Waals surface area (Å²) in [4.78, 5) is 16.2. The highest BCUT2D eigenvalue weighted by molar-refractivity contribution is 7.19. The van der Waals surface area contributed by atoms with Crippen molar-refractivity contribution in [2.24, 2.45) is 0 Å². The standard InChI is InChI=1S/C26H27ClN4OS/c1-4-18-9-11-19(12-10-18)22-17(2)33-25-23(22)24(28-26(27)29-25)31-15-13-30(14-16-31)20-7-5-6-8-21(20)32-3/h5-12H,4,13-16H2,1-3H3. The lowest BCUT2D eigenvalue weighted by Gasteiger charge is -2.37. The number of fused-ring (bicyclic) bond motifs is 1. The Labute approximate surface area is 203 Å². The Bertz CT molecular complexity index is 1280. The van der Waals surface area contributed by atoms with Crippen molar-refractivity contribution >= 4 is 44.7 Å². The van der Waals surface area contributed by atoms with Gasteiger partial charge in [-0.25, -0.2) is 4.98 Å². The highest BCUT2D eigenvalue weighted by atomic mass is 35.5. The molecule has 1 fully saturated rings. The molecule has 0 atom stereocenters. The fourth-order valence-electron chi connectivity index (χ4n) is 4.60. The molecular weight excluding hydrogens is 452 g/mol. The van der Waals surface area contributed by atoms with Gasteiger partial charge in [-0.1, -0.05) is 43.3 Å². The lowest BCUT2D eigenvalue weighted by molar-refractivity contribution is 0.413. The number of methoxy groups -OCH3 is 1. The molecule has 0 spiro atoms. The van der Waals surface area contributed by atoms with Gasteiger partial charge < -0.3 is 14.5 Å². The van der Waals surface area contributed by atoms with E-state index in [0.717, 1.165) is 60.1 Å². The second kappa shape index (κ2) is 9.20. The Morgan fingerprint density at radius 3 is 2.36 bits per heavy atom. The molecule has 0 amide bonds. The first-order chi connectivity index (χ1) is 16.1. The first-order valence-electron chi connectivity index (χ1n) is 11.3. The van der Waals surface area contributed by atoms with Gasteiger partial charge in [-0.05, 0) is 48.2 Å². The molecule has 7 heteroatoms. The predicted molar refractivity (Wildman–Crippen MR) is 139 cm³/mol. The van der Waals surface area contributed by atoms with Crippen LogP contribution in [0, 0.1) is 6.92 Å². The molecule has 0 saturated carbocycles. The number of thiophene rings is 1. The zero-order valence-corrected chi connectivity index (χ0v) is 20.7. The summed E-state index contributed by atoms with van der Waals surface area (Å²) in [6.07, 6.45) is 1.03. The van der Waals surface area contributed by atoms with Crippen molar-refractivity contribution in [2.75, 3.05) is 43.1 Å². The van der Waals surface area contributed by atoms with Gasteiger partial charge in [-0.3, -0.25) is 0 Å². The van der Waals surface area contributed by atoms with Crippen LogP contribution in [0.25, 0.3) is 21.3 Å². The van der Waals surface area contributed by atoms with Crippen molar-refractivity contribution in [2.45, 2.75) is 20.3 Å². The number of ether oxygens (including phenoxy) is 1. The highest BCUT2D eigenvalue weighted by Gasteiger charge is 2.25. The summed E-state index contributed by atoms with van der Waals surface area (Å²) < 4.78 is 5.58. The number of nitrogens with zero attached hydrogens (tertiary/aromatic N) is 4. The third-order valence-corrected chi connectivity index (χ3v) is 7.51. The number of aryl methyl sites for hydroxylation is 2. The van der Waals surface area contributed by atoms with E-state index in [9.17, 15) is 0 Å². The van der Waals surface area contributed by atoms with Crippen LogP contribution in [0.1, 0.15) is 17.4 Å². The normalized spacial score (nSPS) is 14.2. The molecule has 0 N–H and O–H groups in total. The smallest absolute Gasteiger partial charge is 0.225 e. The molecule has 0 radical (unpaired) electrons. The zero-order chi connectivity index (χ0) is 22.9. The molecule has 5 nitrogen and oxygen atoms in total. The van der Waals surface area contributed by atoms with Crippen LogP contribution in [-0.2, 0) is 6.42 Å². The molecule has 2 aromatic carbocycles. The lowest BCUT2D eigenvalue weighted by Crippen LogP contribution is -2.47. The van der Waals surface area contributed by atoms with Crippen LogP contribution in [0.3, 0.4) is 0 Å². The third kappa shape index (κ3) is 4.13. The van der Waals surface area contributed by atoms with Crippen LogP contribution in [0.2, 0.25) is 5.28 Å². The van der Waals surface area contributed by atoms with Crippen LogP contribution in [-0.4, -0.2) is 43.3 Å². The molecule has 1 aliphatic heterocycles. The summed E-state index contributed by atoms with van der Waals surface area (Å²) in [5.74, 6) is 1.84. The monoisotopic (exact) mass is 478 g/mol. The molecular formula is C26H27ClN4OS. The van der Waals surface area contributed by atoms with Gasteiger partial charge in [0.25, 0.3) is 0 Å². The summed E-state index contributed by atoms with van der Waals surface area (Å²) in [5.41, 5.74) is 4.89. The molecule has 4 aromatic rings. The number of aromatic nitrogens is 2. The van der Waals surface area contributed by atoms with E-state index in [1.54, 1.807) is 18.4 Å². The van der Waals surface area contributed by atoms with Gasteiger partial charge in [0.2, 0.25) is 5.28 Å². The Balaban J connectivity index is 1.51. The number of halogens is 1. The largest absolute Gasteiger partial charge is 0.495 e. The molecule has 33 heavy (non-hydrogen) atoms. The Morgan fingerprint density at radius 1 is 0.970 bits per heavy atom. The molecule has 0 bridgehead atoms. The van der Waals surface area contributed by atoms with E-state index < -0.39 is 0 Å². The second-order valence-electron chi connectivity index (χ2n) is 8.23. The molecule has 1 saturated heterocycles. The second-order valence-corrected chi connectivity index (χ2v) is 9.77. The van der Waals surface area contributed by atoms with Crippen LogP contribution in [0.5, 0.6) is 5.75 Å². The van der Waals surface area contributed by atoms with Gasteiger partial charge in [-0.15, -0.1) is 11.3 Å². The summed E-state index contributed by atoms with van der Waals surface area (Å²) in [6.45, 7) is 7.80. The van der Waals surface area contributed by atoms with Crippen LogP contribution < -0.4 is 14.5 Å². The van der Waals surface area contributed by atoms with Crippen molar-refractivity contribution in [1.82, 2.24) is 9.97 Å². The number of benzene rings is 2. The van der Waals surface area contributed by atoms with E-state index in [-0.39, 0.29) is 0 Å². The Kier molecular flexibility index (Phi) is 6.13. The summed E-state index contributed by atoms with van der Waals surface area (Å²) in [6, 6.07) is 17.0.